The Balaban J connectivity index is 2.30. The summed E-state index contributed by atoms with van der Waals surface area (Å²) in [6, 6.07) is 9.04. The van der Waals surface area contributed by atoms with Gasteiger partial charge in [0.05, 0.1) is 18.4 Å². The first-order chi connectivity index (χ1) is 9.15. The van der Waals surface area contributed by atoms with Gasteiger partial charge in [-0.3, -0.25) is 0 Å². The van der Waals surface area contributed by atoms with Gasteiger partial charge in [0, 0.05) is 0 Å². The molecule has 0 unspecified atom stereocenters. The third-order valence-corrected chi connectivity index (χ3v) is 3.58. The van der Waals surface area contributed by atoms with E-state index in [-0.39, 0.29) is 10.0 Å². The van der Waals surface area contributed by atoms with E-state index in [2.05, 4.69) is 21.1 Å². The summed E-state index contributed by atoms with van der Waals surface area (Å²) in [6.45, 7) is 0. The Morgan fingerprint density at radius 2 is 2.26 bits per heavy atom. The minimum atomic E-state index is -0.538. The number of carbonyl (C=O) groups excluding carboxylic acids is 1. The molecule has 0 amide bonds. The van der Waals surface area contributed by atoms with Crippen molar-refractivity contribution in [1.82, 2.24) is 4.98 Å². The molecule has 1 aromatic carbocycles. The first-order valence-electron chi connectivity index (χ1n) is 5.16. The zero-order valence-electron chi connectivity index (χ0n) is 9.81. The van der Waals surface area contributed by atoms with Crippen molar-refractivity contribution >= 4 is 39.7 Å². The predicted molar refractivity (Wildman–Crippen MR) is 72.9 cm³/mol. The van der Waals surface area contributed by atoms with Crippen molar-refractivity contribution in [3.63, 3.8) is 0 Å². The smallest absolute Gasteiger partial charge is 0.351 e. The molecule has 96 valence electrons. The molecule has 0 aliphatic rings. The van der Waals surface area contributed by atoms with Crippen molar-refractivity contribution in [2.75, 3.05) is 12.4 Å². The highest BCUT2D eigenvalue weighted by Gasteiger charge is 2.17. The first-order valence-corrected chi connectivity index (χ1v) is 6.36. The van der Waals surface area contributed by atoms with Crippen molar-refractivity contribution in [2.24, 2.45) is 0 Å². The topological polar surface area (TPSA) is 75.0 Å². The average molecular weight is 294 g/mol. The number of ether oxygens (including phenoxy) is 1. The van der Waals surface area contributed by atoms with E-state index in [1.807, 2.05) is 0 Å². The Hall–Kier alpha value is -2.10. The Labute approximate surface area is 118 Å². The molecule has 5 nitrogen and oxygen atoms in total. The fourth-order valence-corrected chi connectivity index (χ4v) is 2.49. The molecule has 19 heavy (non-hydrogen) atoms. The van der Waals surface area contributed by atoms with Gasteiger partial charge in [0.15, 0.2) is 15.2 Å². The van der Waals surface area contributed by atoms with Crippen molar-refractivity contribution in [3.8, 4) is 6.07 Å². The number of hydrogen-bond donors (Lipinski definition) is 1. The fraction of sp³-hybridized carbons (Fsp3) is 0.0833. The summed E-state index contributed by atoms with van der Waals surface area (Å²) >= 11 is 6.92. The number of hydrogen-bond acceptors (Lipinski definition) is 6. The van der Waals surface area contributed by atoms with Gasteiger partial charge in [0.25, 0.3) is 0 Å². The molecule has 0 spiro atoms. The van der Waals surface area contributed by atoms with Gasteiger partial charge in [-0.1, -0.05) is 35.1 Å². The third kappa shape index (κ3) is 2.84. The largest absolute Gasteiger partial charge is 0.465 e. The quantitative estimate of drug-likeness (QED) is 0.880. The highest BCUT2D eigenvalue weighted by atomic mass is 35.5. The van der Waals surface area contributed by atoms with Gasteiger partial charge in [0.1, 0.15) is 6.07 Å². The SMILES string of the molecule is COC(=O)c1sc(Nc2ccccc2C#N)nc1Cl. The number of aromatic nitrogens is 1. The summed E-state index contributed by atoms with van der Waals surface area (Å²) in [6.07, 6.45) is 0. The number of para-hydroxylation sites is 1. The molecule has 7 heteroatoms. The molecule has 1 heterocycles. The second-order valence-electron chi connectivity index (χ2n) is 3.41. The molecular weight excluding hydrogens is 286 g/mol. The number of thiazole rings is 1. The van der Waals surface area contributed by atoms with Crippen molar-refractivity contribution in [2.45, 2.75) is 0 Å². The number of benzene rings is 1. The van der Waals surface area contributed by atoms with E-state index in [9.17, 15) is 4.79 Å². The maximum absolute atomic E-state index is 11.4. The van der Waals surface area contributed by atoms with E-state index < -0.39 is 5.97 Å². The summed E-state index contributed by atoms with van der Waals surface area (Å²) < 4.78 is 4.59. The standard InChI is InChI=1S/C12H8ClN3O2S/c1-18-11(17)9-10(13)16-12(19-9)15-8-5-3-2-4-7(8)6-14/h2-5H,1H3,(H,15,16). The molecule has 0 aliphatic heterocycles. The van der Waals surface area contributed by atoms with Crippen LogP contribution in [0.4, 0.5) is 10.8 Å². The maximum Gasteiger partial charge on any atom is 0.351 e. The second kappa shape index (κ2) is 5.69. The number of anilines is 2. The number of rotatable bonds is 3. The number of esters is 1. The lowest BCUT2D eigenvalue weighted by Gasteiger charge is -2.03. The molecule has 0 saturated heterocycles. The molecule has 0 fully saturated rings. The second-order valence-corrected chi connectivity index (χ2v) is 4.77. The Bertz CT molecular complexity index is 663. The van der Waals surface area contributed by atoms with E-state index in [1.165, 1.54) is 7.11 Å². The molecule has 0 radical (unpaired) electrons. The van der Waals surface area contributed by atoms with Gasteiger partial charge in [0.2, 0.25) is 0 Å². The van der Waals surface area contributed by atoms with Crippen LogP contribution in [0.2, 0.25) is 5.15 Å². The van der Waals surface area contributed by atoms with E-state index >= 15 is 0 Å². The number of carbonyl (C=O) groups is 1. The normalized spacial score (nSPS) is 9.74. The van der Waals surface area contributed by atoms with E-state index in [0.717, 1.165) is 11.3 Å². The van der Waals surface area contributed by atoms with Crippen molar-refractivity contribution in [3.05, 3.63) is 39.9 Å². The molecule has 0 atom stereocenters. The lowest BCUT2D eigenvalue weighted by molar-refractivity contribution is 0.0606. The highest BCUT2D eigenvalue weighted by Crippen LogP contribution is 2.30. The lowest BCUT2D eigenvalue weighted by Crippen LogP contribution is -1.98. The van der Waals surface area contributed by atoms with E-state index in [4.69, 9.17) is 16.9 Å². The molecule has 2 aromatic rings. The molecule has 0 saturated carbocycles. The van der Waals surface area contributed by atoms with Crippen LogP contribution in [-0.2, 0) is 4.74 Å². The molecule has 1 aromatic heterocycles. The lowest BCUT2D eigenvalue weighted by atomic mass is 10.2. The van der Waals surface area contributed by atoms with Crippen LogP contribution in [0.5, 0.6) is 0 Å². The minimum Gasteiger partial charge on any atom is -0.465 e. The van der Waals surface area contributed by atoms with Crippen LogP contribution in [0.25, 0.3) is 0 Å². The Morgan fingerprint density at radius 3 is 2.95 bits per heavy atom. The monoisotopic (exact) mass is 293 g/mol. The van der Waals surface area contributed by atoms with Crippen LogP contribution in [0, 0.1) is 11.3 Å². The first kappa shape index (κ1) is 13.3. The number of methoxy groups -OCH3 is 1. The van der Waals surface area contributed by atoms with Crippen molar-refractivity contribution < 1.29 is 9.53 Å². The van der Waals surface area contributed by atoms with Crippen LogP contribution >= 0.6 is 22.9 Å². The minimum absolute atomic E-state index is 0.0776. The zero-order chi connectivity index (χ0) is 13.8. The van der Waals surface area contributed by atoms with Crippen LogP contribution in [0.15, 0.2) is 24.3 Å². The van der Waals surface area contributed by atoms with Crippen LogP contribution < -0.4 is 5.32 Å². The summed E-state index contributed by atoms with van der Waals surface area (Å²) in [5.74, 6) is -0.538. The molecule has 1 N–H and O–H groups in total. The van der Waals surface area contributed by atoms with Gasteiger partial charge in [-0.25, -0.2) is 9.78 Å². The number of nitrogens with one attached hydrogen (secondary N) is 1. The van der Waals surface area contributed by atoms with Gasteiger partial charge in [-0.15, -0.1) is 0 Å². The summed E-state index contributed by atoms with van der Waals surface area (Å²) in [7, 11) is 1.27. The summed E-state index contributed by atoms with van der Waals surface area (Å²) in [5, 5.41) is 12.4. The average Bonchev–Trinajstić information content (AvgIpc) is 2.79. The van der Waals surface area contributed by atoms with Gasteiger partial charge in [-0.05, 0) is 12.1 Å². The fourth-order valence-electron chi connectivity index (χ4n) is 1.38. The van der Waals surface area contributed by atoms with E-state index in [0.29, 0.717) is 16.4 Å². The zero-order valence-corrected chi connectivity index (χ0v) is 11.4. The van der Waals surface area contributed by atoms with Crippen molar-refractivity contribution in [1.29, 1.82) is 5.26 Å². The molecule has 0 aliphatic carbocycles. The molecule has 2 rings (SSSR count). The number of halogens is 1. The Morgan fingerprint density at radius 1 is 1.53 bits per heavy atom. The van der Waals surface area contributed by atoms with E-state index in [1.54, 1.807) is 24.3 Å². The van der Waals surface area contributed by atoms with Gasteiger partial charge < -0.3 is 10.1 Å². The summed E-state index contributed by atoms with van der Waals surface area (Å²) in [5.41, 5.74) is 1.08. The molecular formula is C12H8ClN3O2S. The predicted octanol–water partition coefficient (Wildman–Crippen LogP) is 3.20. The van der Waals surface area contributed by atoms with Crippen LogP contribution in [0.1, 0.15) is 15.2 Å². The Kier molecular flexibility index (Phi) is 4.00. The number of nitrogens with zero attached hydrogens (tertiary/aromatic N) is 2. The molecule has 0 bridgehead atoms. The highest BCUT2D eigenvalue weighted by molar-refractivity contribution is 7.18. The van der Waals surface area contributed by atoms with Gasteiger partial charge in [-0.2, -0.15) is 5.26 Å². The van der Waals surface area contributed by atoms with Gasteiger partial charge >= 0.3 is 5.97 Å². The van der Waals surface area contributed by atoms with Crippen LogP contribution in [-0.4, -0.2) is 18.1 Å². The van der Waals surface area contributed by atoms with Crippen LogP contribution in [0.3, 0.4) is 0 Å². The number of nitriles is 1. The third-order valence-electron chi connectivity index (χ3n) is 2.25. The maximum atomic E-state index is 11.4. The summed E-state index contributed by atoms with van der Waals surface area (Å²) in [4.78, 5) is 15.6.